The number of rotatable bonds is 7. The van der Waals surface area contributed by atoms with E-state index in [0.717, 1.165) is 42.1 Å². The van der Waals surface area contributed by atoms with Crippen LogP contribution in [0.2, 0.25) is 10.0 Å². The number of benzene rings is 2. The normalized spacial score (nSPS) is 19.0. The van der Waals surface area contributed by atoms with E-state index < -0.39 is 0 Å². The lowest BCUT2D eigenvalue weighted by Crippen LogP contribution is -2.32. The average Bonchev–Trinajstić information content (AvgIpc) is 2.66. The van der Waals surface area contributed by atoms with E-state index in [1.165, 1.54) is 36.8 Å². The monoisotopic (exact) mass is 462 g/mol. The summed E-state index contributed by atoms with van der Waals surface area (Å²) in [4.78, 5) is 2.50. The quantitative estimate of drug-likeness (QED) is 0.500. The Hall–Kier alpha value is -0.480. The molecular weight excluding hydrogens is 434 g/mol. The third-order valence-corrected chi connectivity index (χ3v) is 6.26. The van der Waals surface area contributed by atoms with Gasteiger partial charge in [0.2, 0.25) is 0 Å². The molecule has 0 aromatic heterocycles. The zero-order valence-electron chi connectivity index (χ0n) is 16.0. The van der Waals surface area contributed by atoms with Gasteiger partial charge in [-0.2, -0.15) is 0 Å². The maximum Gasteiger partial charge on any atom is 0.0451 e. The Kier molecular flexibility index (Phi) is 11.8. The summed E-state index contributed by atoms with van der Waals surface area (Å²) in [6, 6.07) is 16.3. The van der Waals surface area contributed by atoms with Crippen molar-refractivity contribution in [3.63, 3.8) is 0 Å². The van der Waals surface area contributed by atoms with Gasteiger partial charge in [0.25, 0.3) is 0 Å². The molecule has 2 aromatic carbocycles. The maximum atomic E-state index is 6.42. The third-order valence-electron chi connectivity index (χ3n) is 5.52. The van der Waals surface area contributed by atoms with Crippen molar-refractivity contribution in [1.29, 1.82) is 0 Å². The second-order valence-electron chi connectivity index (χ2n) is 7.47. The average molecular weight is 464 g/mol. The van der Waals surface area contributed by atoms with E-state index in [9.17, 15) is 0 Å². The molecule has 0 bridgehead atoms. The first-order chi connectivity index (χ1) is 12.7. The van der Waals surface area contributed by atoms with Crippen LogP contribution >= 0.6 is 48.0 Å². The fourth-order valence-corrected chi connectivity index (χ4v) is 4.33. The Morgan fingerprint density at radius 3 is 1.61 bits per heavy atom. The highest BCUT2D eigenvalue weighted by Crippen LogP contribution is 2.30. The van der Waals surface area contributed by atoms with E-state index in [-0.39, 0.29) is 24.8 Å². The Bertz CT molecular complexity index is 655. The largest absolute Gasteiger partial charge is 0.330 e. The van der Waals surface area contributed by atoms with Crippen molar-refractivity contribution < 1.29 is 0 Å². The minimum Gasteiger partial charge on any atom is -0.330 e. The lowest BCUT2D eigenvalue weighted by Gasteiger charge is -2.33. The molecule has 6 heteroatoms. The maximum absolute atomic E-state index is 6.42. The third kappa shape index (κ3) is 7.40. The summed E-state index contributed by atoms with van der Waals surface area (Å²) in [5.74, 6) is 1.44. The molecule has 1 fully saturated rings. The number of hydrogen-bond donors (Lipinski definition) is 1. The molecule has 0 saturated heterocycles. The van der Waals surface area contributed by atoms with Gasteiger partial charge in [-0.25, -0.2) is 0 Å². The Labute approximate surface area is 191 Å². The van der Waals surface area contributed by atoms with Gasteiger partial charge < -0.3 is 5.73 Å². The first kappa shape index (κ1) is 25.6. The highest BCUT2D eigenvalue weighted by molar-refractivity contribution is 6.31. The van der Waals surface area contributed by atoms with Crippen LogP contribution in [0.25, 0.3) is 0 Å². The van der Waals surface area contributed by atoms with Crippen LogP contribution in [0.15, 0.2) is 48.5 Å². The number of nitrogens with zero attached hydrogens (tertiary/aromatic N) is 1. The molecule has 1 aliphatic carbocycles. The van der Waals surface area contributed by atoms with Crippen LogP contribution < -0.4 is 5.73 Å². The van der Waals surface area contributed by atoms with E-state index in [1.54, 1.807) is 0 Å². The highest BCUT2D eigenvalue weighted by Gasteiger charge is 2.23. The van der Waals surface area contributed by atoms with Crippen LogP contribution in [0.3, 0.4) is 0 Å². The van der Waals surface area contributed by atoms with Gasteiger partial charge in [0, 0.05) is 29.7 Å². The second-order valence-corrected chi connectivity index (χ2v) is 8.29. The van der Waals surface area contributed by atoms with E-state index in [0.29, 0.717) is 5.92 Å². The van der Waals surface area contributed by atoms with Gasteiger partial charge in [-0.1, -0.05) is 59.6 Å². The van der Waals surface area contributed by atoms with E-state index in [1.807, 2.05) is 24.3 Å². The predicted octanol–water partition coefficient (Wildman–Crippen LogP) is 6.60. The Balaban J connectivity index is 0.00000196. The van der Waals surface area contributed by atoms with Crippen LogP contribution in [0.5, 0.6) is 0 Å². The van der Waals surface area contributed by atoms with E-state index in [4.69, 9.17) is 28.9 Å². The van der Waals surface area contributed by atoms with Gasteiger partial charge in [0.15, 0.2) is 0 Å². The molecule has 3 rings (SSSR count). The molecule has 2 aromatic rings. The molecule has 0 atom stereocenters. The van der Waals surface area contributed by atoms with Crippen molar-refractivity contribution in [3.8, 4) is 0 Å². The minimum absolute atomic E-state index is 0. The molecule has 0 spiro atoms. The van der Waals surface area contributed by atoms with Gasteiger partial charge >= 0.3 is 0 Å². The first-order valence-corrected chi connectivity index (χ1v) is 10.3. The van der Waals surface area contributed by atoms with Gasteiger partial charge in [0.1, 0.15) is 0 Å². The Morgan fingerprint density at radius 2 is 1.18 bits per heavy atom. The first-order valence-electron chi connectivity index (χ1n) is 9.55. The van der Waals surface area contributed by atoms with Crippen molar-refractivity contribution in [2.45, 2.75) is 38.8 Å². The molecule has 1 saturated carbocycles. The smallest absolute Gasteiger partial charge is 0.0451 e. The summed E-state index contributed by atoms with van der Waals surface area (Å²) in [5, 5.41) is 1.67. The topological polar surface area (TPSA) is 29.3 Å². The summed E-state index contributed by atoms with van der Waals surface area (Å²) in [6.45, 7) is 3.60. The molecular formula is C22H30Cl4N2. The zero-order valence-corrected chi connectivity index (χ0v) is 19.2. The predicted molar refractivity (Wildman–Crippen MR) is 126 cm³/mol. The van der Waals surface area contributed by atoms with Crippen molar-refractivity contribution in [2.75, 3.05) is 13.1 Å². The van der Waals surface area contributed by atoms with E-state index in [2.05, 4.69) is 29.2 Å². The fourth-order valence-electron chi connectivity index (χ4n) is 3.93. The van der Waals surface area contributed by atoms with Crippen molar-refractivity contribution >= 4 is 48.0 Å². The molecule has 0 aliphatic heterocycles. The summed E-state index contributed by atoms with van der Waals surface area (Å²) < 4.78 is 0. The van der Waals surface area contributed by atoms with Crippen LogP contribution in [-0.2, 0) is 13.1 Å². The summed E-state index contributed by atoms with van der Waals surface area (Å²) in [5.41, 5.74) is 8.20. The number of nitrogens with two attached hydrogens (primary N) is 1. The van der Waals surface area contributed by atoms with Crippen molar-refractivity contribution in [1.82, 2.24) is 4.90 Å². The van der Waals surface area contributed by atoms with Crippen LogP contribution in [-0.4, -0.2) is 18.0 Å². The van der Waals surface area contributed by atoms with Crippen molar-refractivity contribution in [2.24, 2.45) is 17.6 Å². The van der Waals surface area contributed by atoms with Gasteiger partial charge in [-0.15, -0.1) is 24.8 Å². The molecule has 1 aliphatic rings. The molecule has 0 heterocycles. The van der Waals surface area contributed by atoms with E-state index >= 15 is 0 Å². The molecule has 0 amide bonds. The number of hydrogen-bond acceptors (Lipinski definition) is 2. The number of halogens is 4. The lowest BCUT2D eigenvalue weighted by atomic mass is 9.82. The van der Waals surface area contributed by atoms with Crippen LogP contribution in [0.4, 0.5) is 0 Å². The van der Waals surface area contributed by atoms with Crippen LogP contribution in [0, 0.1) is 11.8 Å². The standard InChI is InChI=1S/C22H28Cl2N2.2ClH/c23-21-7-3-1-5-19(21)15-26(16-20-6-2-4-8-22(20)24)14-18-11-9-17(13-25)10-12-18;;/h1-8,17-18H,9-16,25H2;2*1H. The van der Waals surface area contributed by atoms with Crippen molar-refractivity contribution in [3.05, 3.63) is 69.7 Å². The molecule has 2 nitrogen and oxygen atoms in total. The SMILES string of the molecule is Cl.Cl.NCC1CCC(CN(Cc2ccccc2Cl)Cc2ccccc2Cl)CC1. The highest BCUT2D eigenvalue weighted by atomic mass is 35.5. The zero-order chi connectivity index (χ0) is 18.4. The van der Waals surface area contributed by atoms with Crippen LogP contribution in [0.1, 0.15) is 36.8 Å². The molecule has 156 valence electrons. The van der Waals surface area contributed by atoms with Gasteiger partial charge in [0.05, 0.1) is 0 Å². The van der Waals surface area contributed by atoms with Gasteiger partial charge in [-0.3, -0.25) is 4.90 Å². The Morgan fingerprint density at radius 1 is 0.750 bits per heavy atom. The minimum atomic E-state index is 0. The summed E-state index contributed by atoms with van der Waals surface area (Å²) >= 11 is 12.8. The van der Waals surface area contributed by atoms with Gasteiger partial charge in [-0.05, 0) is 67.3 Å². The molecule has 2 N–H and O–H groups in total. The summed E-state index contributed by atoms with van der Waals surface area (Å²) in [6.07, 6.45) is 5.05. The second kappa shape index (κ2) is 13.0. The lowest BCUT2D eigenvalue weighted by molar-refractivity contribution is 0.170. The summed E-state index contributed by atoms with van der Waals surface area (Å²) in [7, 11) is 0. The molecule has 0 radical (unpaired) electrons. The molecule has 0 unspecified atom stereocenters. The molecule has 28 heavy (non-hydrogen) atoms. The fraction of sp³-hybridized carbons (Fsp3) is 0.455.